The second-order valence-corrected chi connectivity index (χ2v) is 11.0. The van der Waals surface area contributed by atoms with E-state index in [-0.39, 0.29) is 11.8 Å². The number of aromatic nitrogens is 1. The molecule has 1 aromatic rings. The molecule has 4 fully saturated rings. The minimum atomic E-state index is -4.40. The first-order chi connectivity index (χ1) is 17.3. The number of nitrogens with zero attached hydrogens (tertiary/aromatic N) is 3. The maximum Gasteiger partial charge on any atom is 0.416 e. The molecule has 0 radical (unpaired) electrons. The van der Waals surface area contributed by atoms with Gasteiger partial charge in [-0.3, -0.25) is 4.79 Å². The van der Waals surface area contributed by atoms with E-state index in [2.05, 4.69) is 17.2 Å². The van der Waals surface area contributed by atoms with Crippen molar-refractivity contribution in [3.8, 4) is 0 Å². The number of pyridine rings is 1. The minimum Gasteiger partial charge on any atom is -0.381 e. The molecule has 2 unspecified atom stereocenters. The van der Waals surface area contributed by atoms with Crippen molar-refractivity contribution < 1.29 is 27.4 Å². The van der Waals surface area contributed by atoms with Crippen LogP contribution in [0.2, 0.25) is 0 Å². The normalized spacial score (nSPS) is 33.8. The van der Waals surface area contributed by atoms with Crippen LogP contribution in [0.3, 0.4) is 0 Å². The van der Waals surface area contributed by atoms with Gasteiger partial charge in [0.1, 0.15) is 5.82 Å². The highest BCUT2D eigenvalue weighted by Gasteiger charge is 2.53. The fourth-order valence-corrected chi connectivity index (χ4v) is 6.58. The average Bonchev–Trinajstić information content (AvgIpc) is 3.56. The molecule has 0 aromatic carbocycles. The first-order valence-electron chi connectivity index (χ1n) is 13.3. The lowest BCUT2D eigenvalue weighted by Gasteiger charge is -2.42. The molecule has 3 saturated heterocycles. The van der Waals surface area contributed by atoms with E-state index in [0.29, 0.717) is 63.2 Å². The monoisotopic (exact) mass is 510 g/mol. The number of amides is 1. The molecule has 3 aliphatic heterocycles. The summed E-state index contributed by atoms with van der Waals surface area (Å²) in [5, 5.41) is 3.85. The molecule has 7 nitrogen and oxygen atoms in total. The van der Waals surface area contributed by atoms with Crippen LogP contribution in [-0.4, -0.2) is 80.5 Å². The van der Waals surface area contributed by atoms with Crippen molar-refractivity contribution in [2.75, 3.05) is 57.5 Å². The maximum absolute atomic E-state index is 14.1. The zero-order chi connectivity index (χ0) is 25.3. The zero-order valence-electron chi connectivity index (χ0n) is 20.9. The average molecular weight is 511 g/mol. The summed E-state index contributed by atoms with van der Waals surface area (Å²) >= 11 is 0. The summed E-state index contributed by atoms with van der Waals surface area (Å²) < 4.78 is 50.8. The van der Waals surface area contributed by atoms with E-state index in [0.717, 1.165) is 57.5 Å². The summed E-state index contributed by atoms with van der Waals surface area (Å²) in [7, 11) is 0. The van der Waals surface area contributed by atoms with E-state index >= 15 is 0 Å². The first-order valence-corrected chi connectivity index (χ1v) is 13.3. The molecule has 1 aromatic heterocycles. The number of carbonyl (C=O) groups is 1. The van der Waals surface area contributed by atoms with Crippen LogP contribution in [0.25, 0.3) is 0 Å². The Morgan fingerprint density at radius 3 is 2.56 bits per heavy atom. The summed E-state index contributed by atoms with van der Waals surface area (Å²) in [4.78, 5) is 22.0. The molecule has 36 heavy (non-hydrogen) atoms. The molecule has 1 N–H and O–H groups in total. The van der Waals surface area contributed by atoms with Crippen molar-refractivity contribution in [2.45, 2.75) is 57.3 Å². The van der Waals surface area contributed by atoms with Gasteiger partial charge < -0.3 is 24.6 Å². The standard InChI is InChI=1S/C26H37F3N4O3/c1-18-16-35-13-5-22(18)31-21-2-6-25(15-21,20-4-12-36-17-20)24(34)33-10-8-32(9-11-33)23-14-19(3-7-30-23)26(27,28)29/h3,7,14,18,20-22,31H,2,4-6,8-13,15-17H2,1H3/t18?,20-,21-,22-,25?/m1/s1. The molecule has 5 rings (SSSR count). The topological polar surface area (TPSA) is 66.9 Å². The van der Waals surface area contributed by atoms with Crippen molar-refractivity contribution in [2.24, 2.45) is 17.3 Å². The lowest BCUT2D eigenvalue weighted by Crippen LogP contribution is -2.55. The van der Waals surface area contributed by atoms with Crippen LogP contribution >= 0.6 is 0 Å². The lowest BCUT2D eigenvalue weighted by molar-refractivity contribution is -0.146. The smallest absolute Gasteiger partial charge is 0.381 e. The first kappa shape index (κ1) is 25.7. The number of hydrogen-bond acceptors (Lipinski definition) is 6. The Hall–Kier alpha value is -1.91. The third-order valence-corrected chi connectivity index (χ3v) is 8.74. The van der Waals surface area contributed by atoms with Crippen LogP contribution in [0.4, 0.5) is 19.0 Å². The minimum absolute atomic E-state index is 0.193. The van der Waals surface area contributed by atoms with Crippen LogP contribution in [0.5, 0.6) is 0 Å². The predicted molar refractivity (Wildman–Crippen MR) is 129 cm³/mol. The highest BCUT2D eigenvalue weighted by molar-refractivity contribution is 5.84. The van der Waals surface area contributed by atoms with Gasteiger partial charge in [-0.2, -0.15) is 13.2 Å². The molecule has 1 saturated carbocycles. The van der Waals surface area contributed by atoms with Gasteiger partial charge in [-0.05, 0) is 56.1 Å². The van der Waals surface area contributed by atoms with Gasteiger partial charge in [0.15, 0.2) is 0 Å². The number of halogens is 3. The maximum atomic E-state index is 14.1. The van der Waals surface area contributed by atoms with Crippen LogP contribution < -0.4 is 10.2 Å². The third-order valence-electron chi connectivity index (χ3n) is 8.74. The summed E-state index contributed by atoms with van der Waals surface area (Å²) in [6, 6.07) is 2.80. The SMILES string of the molecule is CC1COCC[C@H]1N[C@@H]1CCC(C(=O)N2CCN(c3cc(C(F)(F)F)ccn3)CC2)([C@@H]2CCOC2)C1. The van der Waals surface area contributed by atoms with E-state index in [9.17, 15) is 18.0 Å². The largest absolute Gasteiger partial charge is 0.416 e. The van der Waals surface area contributed by atoms with Crippen LogP contribution in [0.1, 0.15) is 44.6 Å². The molecule has 10 heteroatoms. The molecule has 5 atom stereocenters. The summed E-state index contributed by atoms with van der Waals surface area (Å²) in [6.45, 7) is 7.01. The molecule has 4 aliphatic rings. The molecular formula is C26H37F3N4O3. The summed E-state index contributed by atoms with van der Waals surface area (Å²) in [5.74, 6) is 1.18. The Morgan fingerprint density at radius 2 is 1.86 bits per heavy atom. The Balaban J connectivity index is 1.25. The highest BCUT2D eigenvalue weighted by Crippen LogP contribution is 2.49. The number of hydrogen-bond donors (Lipinski definition) is 1. The molecule has 1 aliphatic carbocycles. The molecule has 4 heterocycles. The van der Waals surface area contributed by atoms with Gasteiger partial charge >= 0.3 is 6.18 Å². The van der Waals surface area contributed by atoms with Gasteiger partial charge in [0.25, 0.3) is 0 Å². The second-order valence-electron chi connectivity index (χ2n) is 11.0. The van der Waals surface area contributed by atoms with Crippen molar-refractivity contribution in [3.05, 3.63) is 23.9 Å². The van der Waals surface area contributed by atoms with Gasteiger partial charge in [-0.1, -0.05) is 6.92 Å². The number of anilines is 1. The number of piperazine rings is 1. The summed E-state index contributed by atoms with van der Waals surface area (Å²) in [5.41, 5.74) is -1.13. The van der Waals surface area contributed by atoms with Crippen molar-refractivity contribution >= 4 is 11.7 Å². The van der Waals surface area contributed by atoms with E-state index in [1.165, 1.54) is 6.20 Å². The molecule has 0 spiro atoms. The van der Waals surface area contributed by atoms with Gasteiger partial charge in [0.05, 0.1) is 24.2 Å². The van der Waals surface area contributed by atoms with Gasteiger partial charge in [-0.25, -0.2) is 4.98 Å². The second kappa shape index (κ2) is 10.5. The van der Waals surface area contributed by atoms with Crippen LogP contribution in [-0.2, 0) is 20.4 Å². The number of alkyl halides is 3. The van der Waals surface area contributed by atoms with Crippen LogP contribution in [0, 0.1) is 17.3 Å². The predicted octanol–water partition coefficient (Wildman–Crippen LogP) is 3.34. The van der Waals surface area contributed by atoms with E-state index in [4.69, 9.17) is 9.47 Å². The van der Waals surface area contributed by atoms with Gasteiger partial charge in [0, 0.05) is 57.7 Å². The van der Waals surface area contributed by atoms with Crippen molar-refractivity contribution in [1.29, 1.82) is 0 Å². The Labute approximate surface area is 210 Å². The lowest BCUT2D eigenvalue weighted by atomic mass is 9.71. The van der Waals surface area contributed by atoms with Crippen molar-refractivity contribution in [3.63, 3.8) is 0 Å². The molecular weight excluding hydrogens is 473 g/mol. The quantitative estimate of drug-likeness (QED) is 0.656. The number of ether oxygens (including phenoxy) is 2. The number of carbonyl (C=O) groups excluding carboxylic acids is 1. The number of rotatable bonds is 5. The summed E-state index contributed by atoms with van der Waals surface area (Å²) in [6.07, 6.45) is 1.34. The molecule has 200 valence electrons. The molecule has 1 amide bonds. The fraction of sp³-hybridized carbons (Fsp3) is 0.769. The van der Waals surface area contributed by atoms with Crippen molar-refractivity contribution in [1.82, 2.24) is 15.2 Å². The Morgan fingerprint density at radius 1 is 1.11 bits per heavy atom. The molecule has 0 bridgehead atoms. The Kier molecular flexibility index (Phi) is 7.47. The van der Waals surface area contributed by atoms with Crippen LogP contribution in [0.15, 0.2) is 18.3 Å². The van der Waals surface area contributed by atoms with E-state index in [1.807, 2.05) is 9.80 Å². The van der Waals surface area contributed by atoms with Gasteiger partial charge in [0.2, 0.25) is 5.91 Å². The fourth-order valence-electron chi connectivity index (χ4n) is 6.58. The van der Waals surface area contributed by atoms with E-state index in [1.54, 1.807) is 0 Å². The Bertz CT molecular complexity index is 918. The zero-order valence-corrected chi connectivity index (χ0v) is 20.9. The van der Waals surface area contributed by atoms with Gasteiger partial charge in [-0.15, -0.1) is 0 Å². The van der Waals surface area contributed by atoms with E-state index < -0.39 is 17.2 Å². The highest BCUT2D eigenvalue weighted by atomic mass is 19.4. The number of nitrogens with one attached hydrogen (secondary N) is 1. The third kappa shape index (κ3) is 5.22.